The summed E-state index contributed by atoms with van der Waals surface area (Å²) in [6, 6.07) is 0. The van der Waals surface area contributed by atoms with Crippen molar-refractivity contribution in [3.63, 3.8) is 0 Å². The first-order valence-corrected chi connectivity index (χ1v) is 7.20. The number of carbonyl (C=O) groups excluding carboxylic acids is 1. The third-order valence-corrected chi connectivity index (χ3v) is 3.46. The number of ether oxygens (including phenoxy) is 1. The van der Waals surface area contributed by atoms with Gasteiger partial charge in [-0.15, -0.1) is 0 Å². The van der Waals surface area contributed by atoms with Crippen molar-refractivity contribution in [3.8, 4) is 11.5 Å². The third kappa shape index (κ3) is 3.18. The molecule has 118 valence electrons. The largest absolute Gasteiger partial charge is 0.440 e. The molecule has 1 saturated heterocycles. The molecule has 8 heteroatoms. The Hall–Kier alpha value is -2.19. The van der Waals surface area contributed by atoms with E-state index < -0.39 is 0 Å². The van der Waals surface area contributed by atoms with Crippen molar-refractivity contribution in [1.82, 2.24) is 25.4 Å². The second kappa shape index (κ2) is 6.29. The number of hydrogen-bond acceptors (Lipinski definition) is 6. The fraction of sp³-hybridized carbons (Fsp3) is 0.500. The van der Waals surface area contributed by atoms with E-state index in [2.05, 4.69) is 20.7 Å². The summed E-state index contributed by atoms with van der Waals surface area (Å²) >= 11 is 0. The van der Waals surface area contributed by atoms with Gasteiger partial charge in [0.15, 0.2) is 5.69 Å². The Bertz CT molecular complexity index is 657. The molecule has 1 unspecified atom stereocenters. The number of nitrogens with zero attached hydrogens (tertiary/aromatic N) is 3. The maximum absolute atomic E-state index is 12.2. The van der Waals surface area contributed by atoms with E-state index in [4.69, 9.17) is 9.15 Å². The molecule has 2 N–H and O–H groups in total. The molecule has 1 amide bonds. The topological polar surface area (TPSA) is 94.2 Å². The molecule has 0 aromatic carbocycles. The van der Waals surface area contributed by atoms with Crippen molar-refractivity contribution in [1.29, 1.82) is 0 Å². The first kappa shape index (κ1) is 14.7. The Morgan fingerprint density at radius 1 is 1.59 bits per heavy atom. The van der Waals surface area contributed by atoms with Crippen molar-refractivity contribution >= 4 is 5.91 Å². The molecule has 0 aliphatic carbocycles. The monoisotopic (exact) mass is 305 g/mol. The highest BCUT2D eigenvalue weighted by molar-refractivity contribution is 5.93. The molecule has 0 radical (unpaired) electrons. The molecule has 22 heavy (non-hydrogen) atoms. The lowest BCUT2D eigenvalue weighted by Crippen LogP contribution is -2.45. The smallest absolute Gasteiger partial charge is 0.273 e. The van der Waals surface area contributed by atoms with Crippen LogP contribution in [0.3, 0.4) is 0 Å². The van der Waals surface area contributed by atoms with Crippen molar-refractivity contribution in [3.05, 3.63) is 23.8 Å². The Morgan fingerprint density at radius 2 is 2.45 bits per heavy atom. The van der Waals surface area contributed by atoms with E-state index in [0.29, 0.717) is 30.5 Å². The van der Waals surface area contributed by atoms with Crippen LogP contribution in [-0.4, -0.2) is 53.0 Å². The number of oxazole rings is 1. The Labute approximate surface area is 127 Å². The SMILES string of the molecule is Cc1oc(-c2cnn(C)c2)nc1C(=O)NCC1CNCCO1. The van der Waals surface area contributed by atoms with Gasteiger partial charge in [0.05, 0.1) is 24.5 Å². The van der Waals surface area contributed by atoms with Gasteiger partial charge in [0.1, 0.15) is 5.76 Å². The summed E-state index contributed by atoms with van der Waals surface area (Å²) in [6.45, 7) is 4.41. The summed E-state index contributed by atoms with van der Waals surface area (Å²) in [4.78, 5) is 16.5. The van der Waals surface area contributed by atoms with Gasteiger partial charge >= 0.3 is 0 Å². The quantitative estimate of drug-likeness (QED) is 0.832. The normalized spacial score (nSPS) is 18.4. The second-order valence-corrected chi connectivity index (χ2v) is 5.23. The van der Waals surface area contributed by atoms with E-state index in [0.717, 1.165) is 18.7 Å². The molecule has 1 atom stereocenters. The molecule has 1 fully saturated rings. The lowest BCUT2D eigenvalue weighted by molar-refractivity contribution is 0.0286. The highest BCUT2D eigenvalue weighted by Crippen LogP contribution is 2.20. The predicted molar refractivity (Wildman–Crippen MR) is 78.4 cm³/mol. The fourth-order valence-corrected chi connectivity index (χ4v) is 2.30. The maximum Gasteiger partial charge on any atom is 0.273 e. The average Bonchev–Trinajstić information content (AvgIpc) is 3.12. The molecule has 3 rings (SSSR count). The first-order valence-electron chi connectivity index (χ1n) is 7.20. The van der Waals surface area contributed by atoms with Crippen LogP contribution in [0.2, 0.25) is 0 Å². The van der Waals surface area contributed by atoms with Gasteiger partial charge in [0.2, 0.25) is 5.89 Å². The zero-order valence-corrected chi connectivity index (χ0v) is 12.6. The molecule has 0 bridgehead atoms. The van der Waals surface area contributed by atoms with Crippen LogP contribution in [0.4, 0.5) is 0 Å². The van der Waals surface area contributed by atoms with Crippen LogP contribution in [0.1, 0.15) is 16.2 Å². The van der Waals surface area contributed by atoms with Gasteiger partial charge in [-0.1, -0.05) is 0 Å². The Morgan fingerprint density at radius 3 is 3.14 bits per heavy atom. The number of carbonyl (C=O) groups is 1. The van der Waals surface area contributed by atoms with E-state index >= 15 is 0 Å². The Balaban J connectivity index is 1.66. The third-order valence-electron chi connectivity index (χ3n) is 3.46. The zero-order valence-electron chi connectivity index (χ0n) is 12.6. The summed E-state index contributed by atoms with van der Waals surface area (Å²) in [5, 5.41) is 10.1. The lowest BCUT2D eigenvalue weighted by Gasteiger charge is -2.23. The van der Waals surface area contributed by atoms with Gasteiger partial charge in [-0.05, 0) is 6.92 Å². The second-order valence-electron chi connectivity index (χ2n) is 5.23. The van der Waals surface area contributed by atoms with Crippen LogP contribution in [0.15, 0.2) is 16.8 Å². The average molecular weight is 305 g/mol. The molecule has 0 saturated carbocycles. The highest BCUT2D eigenvalue weighted by atomic mass is 16.5. The summed E-state index contributed by atoms with van der Waals surface area (Å²) in [6.07, 6.45) is 3.42. The van der Waals surface area contributed by atoms with Crippen LogP contribution < -0.4 is 10.6 Å². The van der Waals surface area contributed by atoms with Gasteiger partial charge in [-0.25, -0.2) is 4.98 Å². The lowest BCUT2D eigenvalue weighted by atomic mass is 10.3. The molecule has 0 spiro atoms. The molecule has 3 heterocycles. The summed E-state index contributed by atoms with van der Waals surface area (Å²) in [5.74, 6) is 0.621. The van der Waals surface area contributed by atoms with Crippen LogP contribution >= 0.6 is 0 Å². The number of hydrogen-bond donors (Lipinski definition) is 2. The molecule has 2 aromatic rings. The highest BCUT2D eigenvalue weighted by Gasteiger charge is 2.20. The van der Waals surface area contributed by atoms with Gasteiger partial charge in [0.25, 0.3) is 5.91 Å². The minimum Gasteiger partial charge on any atom is -0.440 e. The van der Waals surface area contributed by atoms with Crippen LogP contribution in [0.25, 0.3) is 11.5 Å². The molecular weight excluding hydrogens is 286 g/mol. The number of aryl methyl sites for hydroxylation is 2. The fourth-order valence-electron chi connectivity index (χ4n) is 2.30. The van der Waals surface area contributed by atoms with E-state index in [9.17, 15) is 4.79 Å². The minimum atomic E-state index is -0.259. The number of rotatable bonds is 4. The number of amides is 1. The summed E-state index contributed by atoms with van der Waals surface area (Å²) in [5.41, 5.74) is 1.03. The number of nitrogens with one attached hydrogen (secondary N) is 2. The van der Waals surface area contributed by atoms with Gasteiger partial charge in [-0.2, -0.15) is 5.10 Å². The van der Waals surface area contributed by atoms with Crippen LogP contribution in [0.5, 0.6) is 0 Å². The first-order chi connectivity index (χ1) is 10.6. The van der Waals surface area contributed by atoms with E-state index in [1.807, 2.05) is 7.05 Å². The van der Waals surface area contributed by atoms with Crippen LogP contribution in [0, 0.1) is 6.92 Å². The molecule has 8 nitrogen and oxygen atoms in total. The van der Waals surface area contributed by atoms with Crippen molar-refractivity contribution in [2.75, 3.05) is 26.2 Å². The van der Waals surface area contributed by atoms with Crippen molar-refractivity contribution in [2.24, 2.45) is 7.05 Å². The molecule has 1 aliphatic rings. The minimum absolute atomic E-state index is 0.0114. The maximum atomic E-state index is 12.2. The van der Waals surface area contributed by atoms with Crippen molar-refractivity contribution < 1.29 is 13.9 Å². The standard InChI is InChI=1S/C14H19N5O3/c1-9-12(13(20)16-7-11-6-15-3-4-21-11)18-14(22-9)10-5-17-19(2)8-10/h5,8,11,15H,3-4,6-7H2,1-2H3,(H,16,20). The molecule has 1 aliphatic heterocycles. The van der Waals surface area contributed by atoms with Gasteiger partial charge in [-0.3, -0.25) is 9.48 Å². The van der Waals surface area contributed by atoms with E-state index in [1.165, 1.54) is 0 Å². The zero-order chi connectivity index (χ0) is 15.5. The van der Waals surface area contributed by atoms with Crippen molar-refractivity contribution in [2.45, 2.75) is 13.0 Å². The predicted octanol–water partition coefficient (Wildman–Crippen LogP) is 0.102. The van der Waals surface area contributed by atoms with Gasteiger partial charge in [0, 0.05) is 32.9 Å². The summed E-state index contributed by atoms with van der Waals surface area (Å²) < 4.78 is 12.8. The Kier molecular flexibility index (Phi) is 4.21. The molecule has 2 aromatic heterocycles. The number of morpholine rings is 1. The van der Waals surface area contributed by atoms with E-state index in [1.54, 1.807) is 24.0 Å². The molecular formula is C14H19N5O3. The number of aromatic nitrogens is 3. The van der Waals surface area contributed by atoms with Crippen LogP contribution in [-0.2, 0) is 11.8 Å². The van der Waals surface area contributed by atoms with E-state index in [-0.39, 0.29) is 12.0 Å². The summed E-state index contributed by atoms with van der Waals surface area (Å²) in [7, 11) is 1.81. The van der Waals surface area contributed by atoms with Gasteiger partial charge < -0.3 is 19.8 Å².